The Balaban J connectivity index is 2.40. The summed E-state index contributed by atoms with van der Waals surface area (Å²) < 4.78 is 4.81. The van der Waals surface area contributed by atoms with Gasteiger partial charge in [0.2, 0.25) is 0 Å². The molecule has 0 aliphatic rings. The van der Waals surface area contributed by atoms with Gasteiger partial charge >= 0.3 is 5.97 Å². The summed E-state index contributed by atoms with van der Waals surface area (Å²) in [6.07, 6.45) is 1.56. The van der Waals surface area contributed by atoms with Crippen LogP contribution in [0.5, 0.6) is 0 Å². The molecule has 4 nitrogen and oxygen atoms in total. The summed E-state index contributed by atoms with van der Waals surface area (Å²) in [5.41, 5.74) is 2.79. The van der Waals surface area contributed by atoms with E-state index in [1.54, 1.807) is 30.5 Å². The number of aryl methyl sites for hydroxylation is 1. The Morgan fingerprint density at radius 2 is 2.00 bits per heavy atom. The highest BCUT2D eigenvalue weighted by molar-refractivity contribution is 5.88. The van der Waals surface area contributed by atoms with Crippen LogP contribution in [0.2, 0.25) is 0 Å². The number of rotatable bonds is 2. The van der Waals surface area contributed by atoms with E-state index in [1.807, 2.05) is 6.92 Å². The van der Waals surface area contributed by atoms with Crippen molar-refractivity contribution in [1.29, 1.82) is 0 Å². The normalized spacial score (nSPS) is 10.2. The first-order chi connectivity index (χ1) is 7.18. The largest absolute Gasteiger partial charge is 0.478 e. The van der Waals surface area contributed by atoms with Crippen molar-refractivity contribution in [3.05, 3.63) is 41.7 Å². The predicted molar refractivity (Wildman–Crippen MR) is 53.6 cm³/mol. The van der Waals surface area contributed by atoms with E-state index in [0.29, 0.717) is 0 Å². The first-order valence-electron chi connectivity index (χ1n) is 4.43. The summed E-state index contributed by atoms with van der Waals surface area (Å²) in [7, 11) is 0. The Kier molecular flexibility index (Phi) is 2.25. The maximum Gasteiger partial charge on any atom is 0.335 e. The molecule has 1 N–H and O–H groups in total. The summed E-state index contributed by atoms with van der Waals surface area (Å²) in [5, 5.41) is 12.6. The van der Waals surface area contributed by atoms with Gasteiger partial charge in [0, 0.05) is 11.1 Å². The number of hydrogen-bond donors (Lipinski definition) is 1. The van der Waals surface area contributed by atoms with Crippen molar-refractivity contribution in [2.75, 3.05) is 0 Å². The number of carboxylic acids is 1. The van der Waals surface area contributed by atoms with Gasteiger partial charge < -0.3 is 9.63 Å². The maximum absolute atomic E-state index is 10.6. The molecule has 4 heteroatoms. The number of carbonyl (C=O) groups is 1. The lowest BCUT2D eigenvalue weighted by molar-refractivity contribution is 0.0697. The van der Waals surface area contributed by atoms with Crippen molar-refractivity contribution in [2.24, 2.45) is 0 Å². The van der Waals surface area contributed by atoms with Gasteiger partial charge in [-0.25, -0.2) is 4.79 Å². The summed E-state index contributed by atoms with van der Waals surface area (Å²) in [6.45, 7) is 1.89. The van der Waals surface area contributed by atoms with Crippen LogP contribution in [-0.2, 0) is 0 Å². The molecule has 0 atom stereocenters. The molecule has 76 valence electrons. The van der Waals surface area contributed by atoms with Gasteiger partial charge in [-0.2, -0.15) is 0 Å². The number of aromatic carboxylic acids is 1. The molecule has 0 saturated carbocycles. The van der Waals surface area contributed by atoms with Gasteiger partial charge in [0.1, 0.15) is 12.0 Å². The van der Waals surface area contributed by atoms with Crippen molar-refractivity contribution < 1.29 is 14.4 Å². The average molecular weight is 203 g/mol. The zero-order valence-electron chi connectivity index (χ0n) is 8.10. The summed E-state index contributed by atoms with van der Waals surface area (Å²) >= 11 is 0. The van der Waals surface area contributed by atoms with E-state index >= 15 is 0 Å². The Labute approximate surface area is 86.1 Å². The Hall–Kier alpha value is -2.10. The number of hydrogen-bond acceptors (Lipinski definition) is 3. The Morgan fingerprint density at radius 3 is 2.47 bits per heavy atom. The lowest BCUT2D eigenvalue weighted by Gasteiger charge is -1.98. The van der Waals surface area contributed by atoms with Gasteiger partial charge in [-0.1, -0.05) is 17.3 Å². The van der Waals surface area contributed by atoms with E-state index in [2.05, 4.69) is 5.16 Å². The van der Waals surface area contributed by atoms with E-state index in [4.69, 9.17) is 9.63 Å². The Morgan fingerprint density at radius 1 is 1.33 bits per heavy atom. The molecule has 0 amide bonds. The molecule has 0 bridgehead atoms. The zero-order chi connectivity index (χ0) is 10.8. The molecule has 2 rings (SSSR count). The lowest BCUT2D eigenvalue weighted by atomic mass is 10.1. The van der Waals surface area contributed by atoms with Crippen LogP contribution in [0, 0.1) is 6.92 Å². The lowest BCUT2D eigenvalue weighted by Crippen LogP contribution is -1.95. The predicted octanol–water partition coefficient (Wildman–Crippen LogP) is 2.35. The van der Waals surface area contributed by atoms with Crippen molar-refractivity contribution >= 4 is 5.97 Å². The fourth-order valence-corrected chi connectivity index (χ4v) is 1.34. The van der Waals surface area contributed by atoms with Crippen LogP contribution < -0.4 is 0 Å². The third-order valence-electron chi connectivity index (χ3n) is 2.15. The third-order valence-corrected chi connectivity index (χ3v) is 2.15. The zero-order valence-corrected chi connectivity index (χ0v) is 8.10. The minimum Gasteiger partial charge on any atom is -0.478 e. The molecule has 1 aromatic heterocycles. The molecule has 0 aliphatic carbocycles. The van der Waals surface area contributed by atoms with Crippen LogP contribution in [0.4, 0.5) is 0 Å². The number of aromatic nitrogens is 1. The molecule has 0 saturated heterocycles. The van der Waals surface area contributed by atoms with Crippen molar-refractivity contribution in [3.8, 4) is 11.3 Å². The summed E-state index contributed by atoms with van der Waals surface area (Å²) in [4.78, 5) is 10.6. The van der Waals surface area contributed by atoms with Crippen molar-refractivity contribution in [3.63, 3.8) is 0 Å². The van der Waals surface area contributed by atoms with Gasteiger partial charge in [-0.3, -0.25) is 0 Å². The fourth-order valence-electron chi connectivity index (χ4n) is 1.34. The van der Waals surface area contributed by atoms with Crippen LogP contribution >= 0.6 is 0 Å². The van der Waals surface area contributed by atoms with E-state index in [0.717, 1.165) is 16.8 Å². The second kappa shape index (κ2) is 3.57. The van der Waals surface area contributed by atoms with Crippen LogP contribution in [0.3, 0.4) is 0 Å². The number of benzene rings is 1. The molecule has 1 heterocycles. The molecule has 0 spiro atoms. The minimum atomic E-state index is -0.932. The second-order valence-corrected chi connectivity index (χ2v) is 3.23. The summed E-state index contributed by atoms with van der Waals surface area (Å²) in [5.74, 6) is -0.932. The van der Waals surface area contributed by atoms with Crippen molar-refractivity contribution in [1.82, 2.24) is 5.16 Å². The standard InChI is InChI=1S/C11H9NO3/c1-7-6-15-12-10(7)8-2-4-9(5-3-8)11(13)14/h2-6H,1H3,(H,13,14). The molecule has 2 aromatic rings. The van der Waals surface area contributed by atoms with Crippen molar-refractivity contribution in [2.45, 2.75) is 6.92 Å². The van der Waals surface area contributed by atoms with Crippen LogP contribution in [-0.4, -0.2) is 16.2 Å². The fraction of sp³-hybridized carbons (Fsp3) is 0.0909. The van der Waals surface area contributed by atoms with E-state index in [1.165, 1.54) is 0 Å². The van der Waals surface area contributed by atoms with E-state index in [-0.39, 0.29) is 5.56 Å². The number of carboxylic acid groups (broad SMARTS) is 1. The van der Waals surface area contributed by atoms with Gasteiger partial charge in [-0.05, 0) is 19.1 Å². The monoisotopic (exact) mass is 203 g/mol. The highest BCUT2D eigenvalue weighted by Crippen LogP contribution is 2.21. The molecule has 0 unspecified atom stereocenters. The number of nitrogens with zero attached hydrogens (tertiary/aromatic N) is 1. The van der Waals surface area contributed by atoms with E-state index < -0.39 is 5.97 Å². The second-order valence-electron chi connectivity index (χ2n) is 3.23. The molecule has 1 aromatic carbocycles. The van der Waals surface area contributed by atoms with Gasteiger partial charge in [0.25, 0.3) is 0 Å². The minimum absolute atomic E-state index is 0.264. The van der Waals surface area contributed by atoms with Gasteiger partial charge in [0.15, 0.2) is 0 Å². The molecule has 0 radical (unpaired) electrons. The smallest absolute Gasteiger partial charge is 0.335 e. The maximum atomic E-state index is 10.6. The van der Waals surface area contributed by atoms with Crippen LogP contribution in [0.25, 0.3) is 11.3 Å². The van der Waals surface area contributed by atoms with Crippen LogP contribution in [0.15, 0.2) is 35.1 Å². The highest BCUT2D eigenvalue weighted by atomic mass is 16.5. The highest BCUT2D eigenvalue weighted by Gasteiger charge is 2.07. The molecule has 0 aliphatic heterocycles. The molecule has 15 heavy (non-hydrogen) atoms. The quantitative estimate of drug-likeness (QED) is 0.813. The first kappa shape index (κ1) is 9.45. The molecular formula is C11H9NO3. The summed E-state index contributed by atoms with van der Waals surface area (Å²) in [6, 6.07) is 6.53. The topological polar surface area (TPSA) is 63.3 Å². The Bertz CT molecular complexity index is 485. The first-order valence-corrected chi connectivity index (χ1v) is 4.43. The van der Waals surface area contributed by atoms with E-state index in [9.17, 15) is 4.79 Å². The SMILES string of the molecule is Cc1conc1-c1ccc(C(=O)O)cc1. The molecular weight excluding hydrogens is 194 g/mol. The average Bonchev–Trinajstić information content (AvgIpc) is 2.65. The van der Waals surface area contributed by atoms with Gasteiger partial charge in [-0.15, -0.1) is 0 Å². The van der Waals surface area contributed by atoms with Gasteiger partial charge in [0.05, 0.1) is 5.56 Å². The third kappa shape index (κ3) is 1.74. The molecule has 0 fully saturated rings. The van der Waals surface area contributed by atoms with Crippen LogP contribution in [0.1, 0.15) is 15.9 Å².